The number of benzene rings is 2. The predicted molar refractivity (Wildman–Crippen MR) is 95.0 cm³/mol. The first kappa shape index (κ1) is 16.5. The highest BCUT2D eigenvalue weighted by Crippen LogP contribution is 2.28. The molecule has 0 saturated carbocycles. The van der Waals surface area contributed by atoms with Crippen LogP contribution in [-0.4, -0.2) is 26.7 Å². The fourth-order valence-corrected chi connectivity index (χ4v) is 2.34. The summed E-state index contributed by atoms with van der Waals surface area (Å²) < 4.78 is 15.9. The fraction of sp³-hybridized carbons (Fsp3) is 0.150. The first-order valence-electron chi connectivity index (χ1n) is 7.69. The molecule has 25 heavy (non-hydrogen) atoms. The first-order valence-corrected chi connectivity index (χ1v) is 7.69. The predicted octanol–water partition coefficient (Wildman–Crippen LogP) is 3.23. The Balaban J connectivity index is 1.64. The minimum absolute atomic E-state index is 0.221. The topological polar surface area (TPSA) is 60.7 Å². The van der Waals surface area contributed by atoms with E-state index in [-0.39, 0.29) is 18.2 Å². The molecule has 0 aliphatic rings. The Morgan fingerprint density at radius 1 is 1.12 bits per heavy atom. The van der Waals surface area contributed by atoms with Crippen molar-refractivity contribution in [3.63, 3.8) is 0 Å². The molecule has 0 bridgehead atoms. The van der Waals surface area contributed by atoms with Crippen LogP contribution in [0.3, 0.4) is 0 Å². The molecule has 0 saturated heterocycles. The van der Waals surface area contributed by atoms with Crippen molar-refractivity contribution in [2.45, 2.75) is 0 Å². The second kappa shape index (κ2) is 7.45. The van der Waals surface area contributed by atoms with Crippen molar-refractivity contribution in [1.29, 1.82) is 0 Å². The van der Waals surface area contributed by atoms with Gasteiger partial charge in [0.1, 0.15) is 5.75 Å². The maximum Gasteiger partial charge on any atom is 0.287 e. The van der Waals surface area contributed by atoms with E-state index in [0.29, 0.717) is 11.3 Å². The third-order valence-electron chi connectivity index (χ3n) is 3.61. The van der Waals surface area contributed by atoms with Crippen molar-refractivity contribution < 1.29 is 18.7 Å². The summed E-state index contributed by atoms with van der Waals surface area (Å²) in [6, 6.07) is 14.6. The number of rotatable bonds is 4. The Labute approximate surface area is 145 Å². The summed E-state index contributed by atoms with van der Waals surface area (Å²) in [6.45, 7) is 0.221. The summed E-state index contributed by atoms with van der Waals surface area (Å²) in [4.78, 5) is 12.2. The summed E-state index contributed by atoms with van der Waals surface area (Å²) in [5.74, 6) is 7.16. The number of para-hydroxylation sites is 1. The van der Waals surface area contributed by atoms with Crippen LogP contribution in [-0.2, 0) is 0 Å². The van der Waals surface area contributed by atoms with Gasteiger partial charge in [0.15, 0.2) is 17.1 Å². The van der Waals surface area contributed by atoms with Crippen molar-refractivity contribution in [2.75, 3.05) is 20.8 Å². The van der Waals surface area contributed by atoms with E-state index in [1.54, 1.807) is 26.4 Å². The SMILES string of the molecule is COc1ccc(C#CCNC(=O)c2cc3cccc(OC)c3o2)cc1. The summed E-state index contributed by atoms with van der Waals surface area (Å²) >= 11 is 0. The van der Waals surface area contributed by atoms with E-state index in [4.69, 9.17) is 13.9 Å². The van der Waals surface area contributed by atoms with Crippen LogP contribution in [0.25, 0.3) is 11.0 Å². The number of nitrogens with one attached hydrogen (secondary N) is 1. The number of ether oxygens (including phenoxy) is 2. The molecule has 0 aliphatic carbocycles. The summed E-state index contributed by atoms with van der Waals surface area (Å²) in [5.41, 5.74) is 1.41. The highest BCUT2D eigenvalue weighted by molar-refractivity contribution is 5.97. The lowest BCUT2D eigenvalue weighted by molar-refractivity contribution is 0.0933. The van der Waals surface area contributed by atoms with Gasteiger partial charge in [0, 0.05) is 10.9 Å². The zero-order valence-electron chi connectivity index (χ0n) is 14.0. The van der Waals surface area contributed by atoms with Gasteiger partial charge in [0.25, 0.3) is 5.91 Å². The Bertz CT molecular complexity index is 945. The lowest BCUT2D eigenvalue weighted by atomic mass is 10.2. The van der Waals surface area contributed by atoms with Crippen molar-refractivity contribution >= 4 is 16.9 Å². The smallest absolute Gasteiger partial charge is 0.287 e. The number of furan rings is 1. The number of carbonyl (C=O) groups excluding carboxylic acids is 1. The second-order valence-electron chi connectivity index (χ2n) is 5.20. The molecule has 0 fully saturated rings. The van der Waals surface area contributed by atoms with Crippen LogP contribution in [0.1, 0.15) is 16.1 Å². The number of methoxy groups -OCH3 is 2. The van der Waals surface area contributed by atoms with Crippen LogP contribution in [0.2, 0.25) is 0 Å². The van der Waals surface area contributed by atoms with E-state index < -0.39 is 0 Å². The molecule has 1 N–H and O–H groups in total. The van der Waals surface area contributed by atoms with Crippen molar-refractivity contribution in [2.24, 2.45) is 0 Å². The van der Waals surface area contributed by atoms with Gasteiger partial charge in [-0.25, -0.2) is 0 Å². The molecule has 0 aliphatic heterocycles. The highest BCUT2D eigenvalue weighted by Gasteiger charge is 2.13. The van der Waals surface area contributed by atoms with Gasteiger partial charge in [0.05, 0.1) is 20.8 Å². The molecule has 1 aromatic heterocycles. The van der Waals surface area contributed by atoms with E-state index >= 15 is 0 Å². The van der Waals surface area contributed by atoms with Crippen molar-refractivity contribution in [3.8, 4) is 23.3 Å². The molecule has 0 spiro atoms. The van der Waals surface area contributed by atoms with Gasteiger partial charge in [-0.1, -0.05) is 24.0 Å². The third kappa shape index (κ3) is 3.75. The molecule has 0 unspecified atom stereocenters. The molecular formula is C20H17NO4. The molecule has 5 nitrogen and oxygen atoms in total. The monoisotopic (exact) mass is 335 g/mol. The van der Waals surface area contributed by atoms with Gasteiger partial charge in [-0.2, -0.15) is 0 Å². The Morgan fingerprint density at radius 2 is 1.92 bits per heavy atom. The van der Waals surface area contributed by atoms with E-state index in [1.807, 2.05) is 36.4 Å². The average Bonchev–Trinajstić information content (AvgIpc) is 3.10. The van der Waals surface area contributed by atoms with Crippen LogP contribution >= 0.6 is 0 Å². The van der Waals surface area contributed by atoms with Gasteiger partial charge in [0.2, 0.25) is 0 Å². The largest absolute Gasteiger partial charge is 0.497 e. The zero-order chi connectivity index (χ0) is 17.6. The van der Waals surface area contributed by atoms with Crippen LogP contribution < -0.4 is 14.8 Å². The molecule has 126 valence electrons. The van der Waals surface area contributed by atoms with E-state index in [0.717, 1.165) is 16.7 Å². The van der Waals surface area contributed by atoms with Crippen LogP contribution in [0.5, 0.6) is 11.5 Å². The van der Waals surface area contributed by atoms with Crippen LogP contribution in [0, 0.1) is 11.8 Å². The fourth-order valence-electron chi connectivity index (χ4n) is 2.34. The maximum absolute atomic E-state index is 12.2. The van der Waals surface area contributed by atoms with Gasteiger partial charge < -0.3 is 19.2 Å². The highest BCUT2D eigenvalue weighted by atomic mass is 16.5. The molecule has 3 rings (SSSR count). The minimum Gasteiger partial charge on any atom is -0.497 e. The standard InChI is InChI=1S/C20H17NO4/c1-23-16-10-8-14(9-11-16)5-4-12-21-20(22)18-13-15-6-3-7-17(24-2)19(15)25-18/h3,6-11,13H,12H2,1-2H3,(H,21,22). The van der Waals surface area contributed by atoms with Gasteiger partial charge >= 0.3 is 0 Å². The van der Waals surface area contributed by atoms with Gasteiger partial charge in [-0.15, -0.1) is 0 Å². The molecule has 2 aromatic carbocycles. The van der Waals surface area contributed by atoms with Crippen molar-refractivity contribution in [1.82, 2.24) is 5.32 Å². The molecule has 1 amide bonds. The Morgan fingerprint density at radius 3 is 2.64 bits per heavy atom. The molecular weight excluding hydrogens is 318 g/mol. The first-order chi connectivity index (χ1) is 12.2. The van der Waals surface area contributed by atoms with E-state index in [1.165, 1.54) is 0 Å². The molecule has 5 heteroatoms. The molecule has 1 heterocycles. The molecule has 3 aromatic rings. The second-order valence-corrected chi connectivity index (χ2v) is 5.20. The van der Waals surface area contributed by atoms with Crippen LogP contribution in [0.4, 0.5) is 0 Å². The van der Waals surface area contributed by atoms with Crippen LogP contribution in [0.15, 0.2) is 52.9 Å². The summed E-state index contributed by atoms with van der Waals surface area (Å²) in [6.07, 6.45) is 0. The number of hydrogen-bond acceptors (Lipinski definition) is 4. The number of fused-ring (bicyclic) bond motifs is 1. The summed E-state index contributed by atoms with van der Waals surface area (Å²) in [5, 5.41) is 3.53. The molecule has 0 atom stereocenters. The Hall–Kier alpha value is -3.39. The molecule has 0 radical (unpaired) electrons. The lowest BCUT2D eigenvalue weighted by Crippen LogP contribution is -2.22. The quantitative estimate of drug-likeness (QED) is 0.744. The minimum atomic E-state index is -0.317. The van der Waals surface area contributed by atoms with E-state index in [9.17, 15) is 4.79 Å². The Kier molecular flexibility index (Phi) is 4.91. The van der Waals surface area contributed by atoms with Gasteiger partial charge in [-0.3, -0.25) is 4.79 Å². The summed E-state index contributed by atoms with van der Waals surface area (Å²) in [7, 11) is 3.18. The maximum atomic E-state index is 12.2. The lowest BCUT2D eigenvalue weighted by Gasteiger charge is -1.99. The average molecular weight is 335 g/mol. The number of hydrogen-bond donors (Lipinski definition) is 1. The van der Waals surface area contributed by atoms with E-state index in [2.05, 4.69) is 17.2 Å². The van der Waals surface area contributed by atoms with Gasteiger partial charge in [-0.05, 0) is 36.4 Å². The number of carbonyl (C=O) groups is 1. The zero-order valence-corrected chi connectivity index (χ0v) is 14.0. The number of amides is 1. The normalized spacial score (nSPS) is 10.0. The third-order valence-corrected chi connectivity index (χ3v) is 3.61. The van der Waals surface area contributed by atoms with Crippen molar-refractivity contribution in [3.05, 3.63) is 59.9 Å².